The number of hydrogen-bond acceptors (Lipinski definition) is 4. The molecule has 1 aliphatic carbocycles. The quantitative estimate of drug-likeness (QED) is 0.769. The first-order valence-electron chi connectivity index (χ1n) is 8.93. The van der Waals surface area contributed by atoms with Gasteiger partial charge in [0.1, 0.15) is 6.04 Å². The molecule has 134 valence electrons. The number of nitrogens with zero attached hydrogens (tertiary/aromatic N) is 2. The Morgan fingerprint density at radius 3 is 2.52 bits per heavy atom. The molecule has 1 saturated heterocycles. The van der Waals surface area contributed by atoms with Gasteiger partial charge in [-0.1, -0.05) is 19.3 Å². The van der Waals surface area contributed by atoms with Crippen molar-refractivity contribution in [2.75, 3.05) is 0 Å². The summed E-state index contributed by atoms with van der Waals surface area (Å²) in [4.78, 5) is 41.7. The molecule has 4 amide bonds. The molecule has 25 heavy (non-hydrogen) atoms. The minimum Gasteiger partial charge on any atom is -0.335 e. The van der Waals surface area contributed by atoms with Gasteiger partial charge < -0.3 is 10.2 Å². The molecule has 2 fully saturated rings. The Morgan fingerprint density at radius 2 is 1.88 bits per heavy atom. The molecule has 7 heteroatoms. The van der Waals surface area contributed by atoms with Crippen LogP contribution in [0.15, 0.2) is 24.5 Å². The summed E-state index contributed by atoms with van der Waals surface area (Å²) in [6, 6.07) is 3.01. The lowest BCUT2D eigenvalue weighted by Crippen LogP contribution is -2.41. The van der Waals surface area contributed by atoms with E-state index < -0.39 is 12.1 Å². The normalized spacial score (nSPS) is 20.9. The van der Waals surface area contributed by atoms with E-state index in [1.165, 1.54) is 6.42 Å². The molecule has 1 aliphatic heterocycles. The standard InChI is InChI=1S/C18H24N4O3/c23-16(7-6-15-17(24)21-18(25)20-15)22(14-4-2-1-3-5-14)12-13-8-10-19-11-9-13/h8-11,14-15H,1-7,12H2,(H2,20,21,24,25)/t15-/m0/s1. The predicted molar refractivity (Wildman–Crippen MR) is 91.4 cm³/mol. The zero-order valence-electron chi connectivity index (χ0n) is 14.2. The van der Waals surface area contributed by atoms with Gasteiger partial charge in [0.15, 0.2) is 0 Å². The van der Waals surface area contributed by atoms with Gasteiger partial charge in [0.25, 0.3) is 5.91 Å². The molecule has 2 heterocycles. The van der Waals surface area contributed by atoms with Gasteiger partial charge in [-0.2, -0.15) is 0 Å². The van der Waals surface area contributed by atoms with Crippen LogP contribution in [0.4, 0.5) is 4.79 Å². The Hall–Kier alpha value is -2.44. The van der Waals surface area contributed by atoms with Gasteiger partial charge in [-0.25, -0.2) is 4.79 Å². The van der Waals surface area contributed by atoms with E-state index in [9.17, 15) is 14.4 Å². The van der Waals surface area contributed by atoms with Gasteiger partial charge in [0.2, 0.25) is 5.91 Å². The lowest BCUT2D eigenvalue weighted by Gasteiger charge is -2.35. The number of urea groups is 1. The molecule has 1 saturated carbocycles. The van der Waals surface area contributed by atoms with Crippen molar-refractivity contribution in [1.82, 2.24) is 20.5 Å². The number of amides is 4. The summed E-state index contributed by atoms with van der Waals surface area (Å²) in [5.74, 6) is -0.311. The highest BCUT2D eigenvalue weighted by Crippen LogP contribution is 2.25. The average molecular weight is 344 g/mol. The van der Waals surface area contributed by atoms with E-state index in [4.69, 9.17) is 0 Å². The Labute approximate surface area is 147 Å². The van der Waals surface area contributed by atoms with E-state index in [2.05, 4.69) is 15.6 Å². The zero-order valence-corrected chi connectivity index (χ0v) is 14.2. The lowest BCUT2D eigenvalue weighted by atomic mass is 9.93. The molecule has 1 aromatic heterocycles. The van der Waals surface area contributed by atoms with Gasteiger partial charge in [-0.05, 0) is 37.0 Å². The minimum absolute atomic E-state index is 0.0395. The van der Waals surface area contributed by atoms with E-state index in [1.807, 2.05) is 17.0 Å². The molecule has 1 atom stereocenters. The maximum atomic E-state index is 12.9. The third kappa shape index (κ3) is 4.55. The highest BCUT2D eigenvalue weighted by atomic mass is 16.2. The molecule has 0 aromatic carbocycles. The van der Waals surface area contributed by atoms with Crippen molar-refractivity contribution in [2.45, 2.75) is 63.6 Å². The number of imide groups is 1. The first-order valence-corrected chi connectivity index (χ1v) is 8.93. The Balaban J connectivity index is 1.64. The van der Waals surface area contributed by atoms with Crippen LogP contribution < -0.4 is 10.6 Å². The minimum atomic E-state index is -0.606. The molecule has 2 aliphatic rings. The van der Waals surface area contributed by atoms with Crippen LogP contribution in [0.2, 0.25) is 0 Å². The SMILES string of the molecule is O=C1NC(=O)[C@H](CCC(=O)N(Cc2ccncc2)C2CCCCC2)N1. The van der Waals surface area contributed by atoms with Crippen LogP contribution >= 0.6 is 0 Å². The first-order chi connectivity index (χ1) is 12.1. The molecule has 1 aromatic rings. The van der Waals surface area contributed by atoms with Crippen molar-refractivity contribution >= 4 is 17.8 Å². The van der Waals surface area contributed by atoms with Crippen LogP contribution in [0.5, 0.6) is 0 Å². The smallest absolute Gasteiger partial charge is 0.322 e. The van der Waals surface area contributed by atoms with E-state index in [1.54, 1.807) is 12.4 Å². The maximum absolute atomic E-state index is 12.9. The Bertz CT molecular complexity index is 628. The third-order valence-corrected chi connectivity index (χ3v) is 4.94. The van der Waals surface area contributed by atoms with Gasteiger partial charge in [0, 0.05) is 31.4 Å². The van der Waals surface area contributed by atoms with Crippen molar-refractivity contribution in [1.29, 1.82) is 0 Å². The largest absolute Gasteiger partial charge is 0.335 e. The van der Waals surface area contributed by atoms with Gasteiger partial charge >= 0.3 is 6.03 Å². The van der Waals surface area contributed by atoms with Gasteiger partial charge in [-0.15, -0.1) is 0 Å². The molecule has 0 unspecified atom stereocenters. The summed E-state index contributed by atoms with van der Waals surface area (Å²) in [7, 11) is 0. The van der Waals surface area contributed by atoms with Crippen LogP contribution in [-0.2, 0) is 16.1 Å². The summed E-state index contributed by atoms with van der Waals surface area (Å²) in [6.45, 7) is 0.565. The van der Waals surface area contributed by atoms with Crippen molar-refractivity contribution in [3.05, 3.63) is 30.1 Å². The summed E-state index contributed by atoms with van der Waals surface area (Å²) in [5, 5.41) is 4.75. The highest BCUT2D eigenvalue weighted by Gasteiger charge is 2.31. The number of aromatic nitrogens is 1. The van der Waals surface area contributed by atoms with Crippen LogP contribution in [0, 0.1) is 0 Å². The first kappa shape index (κ1) is 17.4. The zero-order chi connectivity index (χ0) is 17.6. The third-order valence-electron chi connectivity index (χ3n) is 4.94. The maximum Gasteiger partial charge on any atom is 0.322 e. The number of nitrogens with one attached hydrogen (secondary N) is 2. The van der Waals surface area contributed by atoms with Crippen LogP contribution in [-0.4, -0.2) is 39.8 Å². The van der Waals surface area contributed by atoms with E-state index in [-0.39, 0.29) is 24.3 Å². The number of pyridine rings is 1. The predicted octanol–water partition coefficient (Wildman–Crippen LogP) is 1.73. The fraction of sp³-hybridized carbons (Fsp3) is 0.556. The van der Waals surface area contributed by atoms with Crippen LogP contribution in [0.1, 0.15) is 50.5 Å². The number of carbonyl (C=O) groups is 3. The Kier molecular flexibility index (Phi) is 5.63. The number of hydrogen-bond donors (Lipinski definition) is 2. The molecular weight excluding hydrogens is 320 g/mol. The lowest BCUT2D eigenvalue weighted by molar-refractivity contribution is -0.135. The number of carbonyl (C=O) groups excluding carboxylic acids is 3. The summed E-state index contributed by atoms with van der Waals surface area (Å²) in [6.07, 6.45) is 9.61. The van der Waals surface area contributed by atoms with Crippen molar-refractivity contribution < 1.29 is 14.4 Å². The summed E-state index contributed by atoms with van der Waals surface area (Å²) in [5.41, 5.74) is 1.06. The molecule has 0 spiro atoms. The number of rotatable bonds is 6. The summed E-state index contributed by atoms with van der Waals surface area (Å²) < 4.78 is 0. The second-order valence-electron chi connectivity index (χ2n) is 6.72. The summed E-state index contributed by atoms with van der Waals surface area (Å²) >= 11 is 0. The Morgan fingerprint density at radius 1 is 1.16 bits per heavy atom. The average Bonchev–Trinajstić information content (AvgIpc) is 2.96. The van der Waals surface area contributed by atoms with Crippen molar-refractivity contribution in [3.8, 4) is 0 Å². The second-order valence-corrected chi connectivity index (χ2v) is 6.72. The molecule has 7 nitrogen and oxygen atoms in total. The van der Waals surface area contributed by atoms with Gasteiger partial charge in [0.05, 0.1) is 0 Å². The highest BCUT2D eigenvalue weighted by molar-refractivity contribution is 6.04. The van der Waals surface area contributed by atoms with E-state index in [0.29, 0.717) is 13.0 Å². The van der Waals surface area contributed by atoms with Crippen LogP contribution in [0.3, 0.4) is 0 Å². The fourth-order valence-corrected chi connectivity index (χ4v) is 3.57. The van der Waals surface area contributed by atoms with Crippen LogP contribution in [0.25, 0.3) is 0 Å². The van der Waals surface area contributed by atoms with Gasteiger partial charge in [-0.3, -0.25) is 19.9 Å². The molecule has 3 rings (SSSR count). The topological polar surface area (TPSA) is 91.4 Å². The monoisotopic (exact) mass is 344 g/mol. The fourth-order valence-electron chi connectivity index (χ4n) is 3.57. The second kappa shape index (κ2) is 8.09. The molecule has 2 N–H and O–H groups in total. The molecule has 0 bridgehead atoms. The van der Waals surface area contributed by atoms with E-state index in [0.717, 1.165) is 31.2 Å². The van der Waals surface area contributed by atoms with Crippen molar-refractivity contribution in [2.24, 2.45) is 0 Å². The van der Waals surface area contributed by atoms with E-state index >= 15 is 0 Å². The molecule has 0 radical (unpaired) electrons. The molecular formula is C18H24N4O3. The van der Waals surface area contributed by atoms with Crippen molar-refractivity contribution in [3.63, 3.8) is 0 Å².